The third-order valence-corrected chi connectivity index (χ3v) is 2.84. The smallest absolute Gasteiger partial charge is 0.303 e. The van der Waals surface area contributed by atoms with E-state index in [1.807, 2.05) is 0 Å². The summed E-state index contributed by atoms with van der Waals surface area (Å²) in [5.74, 6) is -2.21. The van der Waals surface area contributed by atoms with E-state index in [1.165, 1.54) is 18.3 Å². The van der Waals surface area contributed by atoms with E-state index in [-0.39, 0.29) is 52.8 Å². The van der Waals surface area contributed by atoms with E-state index in [0.29, 0.717) is 0 Å². The molecule has 0 amide bonds. The van der Waals surface area contributed by atoms with Gasteiger partial charge in [-0.15, -0.1) is 0 Å². The highest BCUT2D eigenvalue weighted by Crippen LogP contribution is 2.27. The second kappa shape index (κ2) is 6.37. The number of Topliss-reactive ketones (excluding diaryl/α,β-unsaturated/α-hetero) is 1. The summed E-state index contributed by atoms with van der Waals surface area (Å²) < 4.78 is 23.1. The van der Waals surface area contributed by atoms with Crippen LogP contribution in [-0.4, -0.2) is 26.9 Å². The van der Waals surface area contributed by atoms with Gasteiger partial charge in [0.1, 0.15) is 11.4 Å². The van der Waals surface area contributed by atoms with Gasteiger partial charge in [0.05, 0.1) is 10.5 Å². The molecule has 0 spiro atoms. The third kappa shape index (κ3) is 3.79. The topological polar surface area (TPSA) is 87.5 Å². The van der Waals surface area contributed by atoms with Crippen molar-refractivity contribution in [3.63, 3.8) is 0 Å². The van der Waals surface area contributed by atoms with Crippen LogP contribution in [0.2, 0.25) is 5.02 Å². The average molecular weight is 309 g/mol. The number of carbonyl (C=O) groups is 2. The van der Waals surface area contributed by atoms with E-state index in [1.54, 1.807) is 0 Å². The summed E-state index contributed by atoms with van der Waals surface area (Å²) in [6.07, 6.45) is 0.553. The maximum absolute atomic E-state index is 11.8. The molecule has 0 atom stereocenters. The third-order valence-electron chi connectivity index (χ3n) is 2.65. The molecule has 0 bridgehead atoms. The molecule has 5 nitrogen and oxygen atoms in total. The quantitative estimate of drug-likeness (QED) is 0.828. The predicted octanol–water partition coefficient (Wildman–Crippen LogP) is 3.16. The summed E-state index contributed by atoms with van der Waals surface area (Å²) in [4.78, 5) is 26.2. The van der Waals surface area contributed by atoms with E-state index < -0.39 is 17.5 Å². The maximum Gasteiger partial charge on any atom is 0.303 e. The molecule has 1 aromatic carbocycles. The largest absolute Gasteiger partial charge is 0.506 e. The highest BCUT2D eigenvalue weighted by atomic mass is 35.5. The van der Waals surface area contributed by atoms with Gasteiger partial charge in [-0.2, -0.15) is 0 Å². The molecule has 2 N–H and O–H groups in total. The molecule has 0 saturated heterocycles. The molecule has 0 aliphatic carbocycles. The highest BCUT2D eigenvalue weighted by molar-refractivity contribution is 6.30. The van der Waals surface area contributed by atoms with Gasteiger partial charge in [-0.25, -0.2) is 4.98 Å². The first-order chi connectivity index (χ1) is 11.2. The van der Waals surface area contributed by atoms with Crippen LogP contribution in [0.15, 0.2) is 36.5 Å². The molecule has 108 valence electrons. The van der Waals surface area contributed by atoms with Gasteiger partial charge in [-0.3, -0.25) is 9.59 Å². The summed E-state index contributed by atoms with van der Waals surface area (Å²) in [7, 11) is 0. The number of hydrogen-bond donors (Lipinski definition) is 2. The summed E-state index contributed by atoms with van der Waals surface area (Å²) in [6, 6.07) is 1.78. The Balaban J connectivity index is 2.40. The Hall–Kier alpha value is -2.40. The minimum atomic E-state index is -1.13. The summed E-state index contributed by atoms with van der Waals surface area (Å²) in [5, 5.41) is 18.3. The van der Waals surface area contributed by atoms with Crippen LogP contribution in [0, 0.1) is 0 Å². The van der Waals surface area contributed by atoms with Crippen molar-refractivity contribution in [2.75, 3.05) is 0 Å². The second-order valence-corrected chi connectivity index (χ2v) is 4.55. The number of ketones is 1. The summed E-state index contributed by atoms with van der Waals surface area (Å²) in [5.41, 5.74) is 0.178. The SMILES string of the molecule is [2H]c1cc(-c2cnc(C(=O)CCC(=O)O)c(O)c2)c([2H])c(Cl)c1[2H]. The lowest BCUT2D eigenvalue weighted by Gasteiger charge is -2.06. The lowest BCUT2D eigenvalue weighted by Crippen LogP contribution is -2.06. The van der Waals surface area contributed by atoms with Crippen molar-refractivity contribution in [2.45, 2.75) is 12.8 Å². The first kappa shape index (κ1) is 11.3. The molecular formula is C15H12ClNO4. The number of rotatable bonds is 5. The van der Waals surface area contributed by atoms with Gasteiger partial charge >= 0.3 is 5.97 Å². The Morgan fingerprint density at radius 3 is 2.76 bits per heavy atom. The maximum atomic E-state index is 11.8. The second-order valence-electron chi connectivity index (χ2n) is 4.17. The number of carbonyl (C=O) groups excluding carboxylic acids is 1. The van der Waals surface area contributed by atoms with Crippen LogP contribution < -0.4 is 0 Å². The molecule has 1 aromatic heterocycles. The van der Waals surface area contributed by atoms with Crippen molar-refractivity contribution in [1.82, 2.24) is 4.98 Å². The normalized spacial score (nSPS) is 12.3. The van der Waals surface area contributed by atoms with Gasteiger partial charge in [0.25, 0.3) is 0 Å². The standard InChI is InChI=1S/C15H12ClNO4/c16-11-3-1-2-9(6-11)10-7-13(19)15(17-8-10)12(18)4-5-14(20)21/h1-3,6-8,19H,4-5H2,(H,20,21)/i1D,3D,6D. The molecule has 6 heteroatoms. The number of aromatic nitrogens is 1. The van der Waals surface area contributed by atoms with Crippen LogP contribution >= 0.6 is 11.6 Å². The van der Waals surface area contributed by atoms with Crippen molar-refractivity contribution in [1.29, 1.82) is 0 Å². The minimum Gasteiger partial charge on any atom is -0.506 e. The van der Waals surface area contributed by atoms with Gasteiger partial charge < -0.3 is 10.2 Å². The number of benzene rings is 1. The zero-order valence-electron chi connectivity index (χ0n) is 13.7. The van der Waals surface area contributed by atoms with E-state index >= 15 is 0 Å². The lowest BCUT2D eigenvalue weighted by molar-refractivity contribution is -0.136. The van der Waals surface area contributed by atoms with Crippen LogP contribution in [0.4, 0.5) is 0 Å². The monoisotopic (exact) mass is 308 g/mol. The van der Waals surface area contributed by atoms with Crippen molar-refractivity contribution in [3.8, 4) is 16.9 Å². The molecule has 2 rings (SSSR count). The van der Waals surface area contributed by atoms with Gasteiger partial charge in [0.2, 0.25) is 0 Å². The summed E-state index contributed by atoms with van der Waals surface area (Å²) in [6.45, 7) is 0. The fourth-order valence-corrected chi connectivity index (χ4v) is 1.82. The van der Waals surface area contributed by atoms with E-state index in [0.717, 1.165) is 0 Å². The number of aromatic hydroxyl groups is 1. The Labute approximate surface area is 130 Å². The Morgan fingerprint density at radius 2 is 2.10 bits per heavy atom. The van der Waals surface area contributed by atoms with Crippen LogP contribution in [-0.2, 0) is 4.79 Å². The Morgan fingerprint density at radius 1 is 1.33 bits per heavy atom. The number of hydrogen-bond acceptors (Lipinski definition) is 4. The van der Waals surface area contributed by atoms with Gasteiger partial charge in [-0.05, 0) is 23.7 Å². The van der Waals surface area contributed by atoms with Crippen LogP contribution in [0.25, 0.3) is 11.1 Å². The van der Waals surface area contributed by atoms with Crippen molar-refractivity contribution in [3.05, 3.63) is 47.2 Å². The van der Waals surface area contributed by atoms with Gasteiger partial charge in [-0.1, -0.05) is 23.7 Å². The van der Waals surface area contributed by atoms with Gasteiger partial charge in [0.15, 0.2) is 5.78 Å². The van der Waals surface area contributed by atoms with Gasteiger partial charge in [0, 0.05) is 23.2 Å². The molecule has 0 radical (unpaired) electrons. The molecule has 1 heterocycles. The van der Waals surface area contributed by atoms with Crippen molar-refractivity contribution in [2.24, 2.45) is 0 Å². The zero-order chi connectivity index (χ0) is 18.0. The van der Waals surface area contributed by atoms with E-state index in [4.69, 9.17) is 20.8 Å². The number of carboxylic acids is 1. The molecule has 2 aromatic rings. The van der Waals surface area contributed by atoms with Crippen molar-refractivity contribution >= 4 is 23.4 Å². The molecule has 21 heavy (non-hydrogen) atoms. The number of halogens is 1. The Kier molecular flexibility index (Phi) is 3.42. The first-order valence-corrected chi connectivity index (χ1v) is 6.30. The number of aliphatic carboxylic acids is 1. The fourth-order valence-electron chi connectivity index (χ4n) is 1.67. The zero-order valence-corrected chi connectivity index (χ0v) is 11.4. The van der Waals surface area contributed by atoms with Crippen LogP contribution in [0.5, 0.6) is 5.75 Å². The van der Waals surface area contributed by atoms with Crippen LogP contribution in [0.1, 0.15) is 27.4 Å². The molecule has 0 fully saturated rings. The van der Waals surface area contributed by atoms with E-state index in [2.05, 4.69) is 4.98 Å². The Bertz CT molecular complexity index is 842. The molecule has 0 aliphatic heterocycles. The number of pyridine rings is 1. The summed E-state index contributed by atoms with van der Waals surface area (Å²) >= 11 is 5.84. The minimum absolute atomic E-state index is 0.188. The van der Waals surface area contributed by atoms with E-state index in [9.17, 15) is 14.7 Å². The van der Waals surface area contributed by atoms with Crippen LogP contribution in [0.3, 0.4) is 0 Å². The molecule has 0 saturated carbocycles. The lowest BCUT2D eigenvalue weighted by atomic mass is 10.1. The molecular weight excluding hydrogens is 294 g/mol. The number of nitrogens with zero attached hydrogens (tertiary/aromatic N) is 1. The highest BCUT2D eigenvalue weighted by Gasteiger charge is 2.15. The van der Waals surface area contributed by atoms with Crippen molar-refractivity contribution < 1.29 is 23.9 Å². The predicted molar refractivity (Wildman–Crippen MR) is 77.5 cm³/mol. The molecule has 0 unspecified atom stereocenters. The fraction of sp³-hybridized carbons (Fsp3) is 0.133. The number of carboxylic acid groups (broad SMARTS) is 1. The first-order valence-electron chi connectivity index (χ1n) is 7.43. The average Bonchev–Trinajstić information content (AvgIpc) is 2.53. The molecule has 0 aliphatic rings.